The Balaban J connectivity index is 2.79. The van der Waals surface area contributed by atoms with Gasteiger partial charge in [0.25, 0.3) is 0 Å². The SMILES string of the molecule is CCCOc1nc(NC)nc(NCC)n1. The van der Waals surface area contributed by atoms with Crippen molar-refractivity contribution in [1.29, 1.82) is 0 Å². The first-order valence-corrected chi connectivity index (χ1v) is 5.10. The van der Waals surface area contributed by atoms with Crippen LogP contribution in [0.3, 0.4) is 0 Å². The van der Waals surface area contributed by atoms with Gasteiger partial charge < -0.3 is 15.4 Å². The molecule has 1 aromatic rings. The Morgan fingerprint density at radius 2 is 1.87 bits per heavy atom. The summed E-state index contributed by atoms with van der Waals surface area (Å²) in [5.41, 5.74) is 0. The highest BCUT2D eigenvalue weighted by atomic mass is 16.5. The van der Waals surface area contributed by atoms with Crippen molar-refractivity contribution < 1.29 is 4.74 Å². The molecular formula is C9H17N5O. The van der Waals surface area contributed by atoms with E-state index in [9.17, 15) is 0 Å². The largest absolute Gasteiger partial charge is 0.463 e. The van der Waals surface area contributed by atoms with Gasteiger partial charge in [0.05, 0.1) is 6.61 Å². The Morgan fingerprint density at radius 3 is 2.47 bits per heavy atom. The molecule has 1 heterocycles. The van der Waals surface area contributed by atoms with Gasteiger partial charge in [-0.3, -0.25) is 0 Å². The molecule has 0 saturated heterocycles. The van der Waals surface area contributed by atoms with Gasteiger partial charge >= 0.3 is 6.01 Å². The Morgan fingerprint density at radius 1 is 1.13 bits per heavy atom. The maximum atomic E-state index is 5.34. The minimum Gasteiger partial charge on any atom is -0.463 e. The molecule has 15 heavy (non-hydrogen) atoms. The van der Waals surface area contributed by atoms with E-state index in [1.54, 1.807) is 7.05 Å². The molecule has 0 aliphatic heterocycles. The van der Waals surface area contributed by atoms with Crippen LogP contribution in [0.25, 0.3) is 0 Å². The Kier molecular flexibility index (Phi) is 4.59. The van der Waals surface area contributed by atoms with Crippen LogP contribution in [-0.4, -0.2) is 35.2 Å². The van der Waals surface area contributed by atoms with Crippen LogP contribution < -0.4 is 15.4 Å². The standard InChI is InChI=1S/C9H17N5O/c1-4-6-15-9-13-7(10-3)12-8(14-9)11-5-2/h4-6H2,1-3H3,(H2,10,11,12,13,14). The summed E-state index contributed by atoms with van der Waals surface area (Å²) in [5.74, 6) is 1.04. The normalized spacial score (nSPS) is 9.80. The minimum atomic E-state index is 0.354. The molecule has 0 aliphatic carbocycles. The van der Waals surface area contributed by atoms with Crippen molar-refractivity contribution in [2.45, 2.75) is 20.3 Å². The Labute approximate surface area is 89.5 Å². The van der Waals surface area contributed by atoms with E-state index in [-0.39, 0.29) is 0 Å². The zero-order chi connectivity index (χ0) is 11.1. The van der Waals surface area contributed by atoms with E-state index in [2.05, 4.69) is 25.6 Å². The van der Waals surface area contributed by atoms with Gasteiger partial charge in [-0.25, -0.2) is 0 Å². The van der Waals surface area contributed by atoms with Crippen LogP contribution in [0.4, 0.5) is 11.9 Å². The number of rotatable bonds is 6. The molecule has 0 unspecified atom stereocenters. The lowest BCUT2D eigenvalue weighted by molar-refractivity contribution is 0.292. The number of nitrogens with zero attached hydrogens (tertiary/aromatic N) is 3. The second-order valence-electron chi connectivity index (χ2n) is 2.89. The predicted octanol–water partition coefficient (Wildman–Crippen LogP) is 1.13. The van der Waals surface area contributed by atoms with Crippen LogP contribution in [0.2, 0.25) is 0 Å². The van der Waals surface area contributed by atoms with Crippen LogP contribution >= 0.6 is 0 Å². The fourth-order valence-corrected chi connectivity index (χ4v) is 0.963. The third-order valence-electron chi connectivity index (χ3n) is 1.61. The lowest BCUT2D eigenvalue weighted by Gasteiger charge is -2.07. The lowest BCUT2D eigenvalue weighted by atomic mass is 10.5. The van der Waals surface area contributed by atoms with Gasteiger partial charge in [-0.2, -0.15) is 15.0 Å². The quantitative estimate of drug-likeness (QED) is 0.735. The van der Waals surface area contributed by atoms with Crippen LogP contribution in [0.15, 0.2) is 0 Å². The van der Waals surface area contributed by atoms with Gasteiger partial charge in [0, 0.05) is 13.6 Å². The smallest absolute Gasteiger partial charge is 0.323 e. The molecule has 1 aromatic heterocycles. The van der Waals surface area contributed by atoms with Crippen LogP contribution in [0.1, 0.15) is 20.3 Å². The van der Waals surface area contributed by atoms with Crippen LogP contribution in [0, 0.1) is 0 Å². The monoisotopic (exact) mass is 211 g/mol. The topological polar surface area (TPSA) is 72.0 Å². The highest BCUT2D eigenvalue weighted by Crippen LogP contribution is 2.10. The predicted molar refractivity (Wildman–Crippen MR) is 59.3 cm³/mol. The average Bonchev–Trinajstić information content (AvgIpc) is 2.26. The molecule has 6 nitrogen and oxygen atoms in total. The zero-order valence-corrected chi connectivity index (χ0v) is 9.37. The maximum Gasteiger partial charge on any atom is 0.323 e. The van der Waals surface area contributed by atoms with Gasteiger partial charge in [-0.05, 0) is 13.3 Å². The zero-order valence-electron chi connectivity index (χ0n) is 9.37. The fraction of sp³-hybridized carbons (Fsp3) is 0.667. The van der Waals surface area contributed by atoms with Gasteiger partial charge in [0.15, 0.2) is 0 Å². The van der Waals surface area contributed by atoms with E-state index in [1.807, 2.05) is 13.8 Å². The highest BCUT2D eigenvalue weighted by Gasteiger charge is 2.04. The Bertz CT molecular complexity index is 305. The summed E-state index contributed by atoms with van der Waals surface area (Å²) < 4.78 is 5.34. The van der Waals surface area contributed by atoms with Gasteiger partial charge in [0.2, 0.25) is 11.9 Å². The molecule has 0 spiro atoms. The third-order valence-corrected chi connectivity index (χ3v) is 1.61. The molecule has 0 amide bonds. The van der Waals surface area contributed by atoms with Gasteiger partial charge in [0.1, 0.15) is 0 Å². The first-order valence-electron chi connectivity index (χ1n) is 5.10. The molecule has 1 rings (SSSR count). The van der Waals surface area contributed by atoms with Crippen molar-refractivity contribution in [2.75, 3.05) is 30.8 Å². The van der Waals surface area contributed by atoms with E-state index in [1.165, 1.54) is 0 Å². The van der Waals surface area contributed by atoms with Crippen molar-refractivity contribution in [2.24, 2.45) is 0 Å². The molecule has 0 radical (unpaired) electrons. The maximum absolute atomic E-state index is 5.34. The second-order valence-corrected chi connectivity index (χ2v) is 2.89. The highest BCUT2D eigenvalue weighted by molar-refractivity contribution is 5.35. The first kappa shape index (κ1) is 11.5. The molecule has 84 valence electrons. The van der Waals surface area contributed by atoms with Crippen molar-refractivity contribution >= 4 is 11.9 Å². The summed E-state index contributed by atoms with van der Waals surface area (Å²) >= 11 is 0. The lowest BCUT2D eigenvalue weighted by Crippen LogP contribution is -2.09. The van der Waals surface area contributed by atoms with Crippen molar-refractivity contribution in [1.82, 2.24) is 15.0 Å². The van der Waals surface area contributed by atoms with E-state index < -0.39 is 0 Å². The van der Waals surface area contributed by atoms with E-state index in [0.29, 0.717) is 24.5 Å². The third kappa shape index (κ3) is 3.57. The molecule has 0 aliphatic rings. The summed E-state index contributed by atoms with van der Waals surface area (Å²) in [5, 5.41) is 5.88. The number of hydrogen-bond acceptors (Lipinski definition) is 6. The van der Waals surface area contributed by atoms with Crippen molar-refractivity contribution in [3.05, 3.63) is 0 Å². The summed E-state index contributed by atoms with van der Waals surface area (Å²) in [7, 11) is 1.76. The molecular weight excluding hydrogens is 194 g/mol. The van der Waals surface area contributed by atoms with E-state index in [0.717, 1.165) is 13.0 Å². The first-order chi connectivity index (χ1) is 7.30. The molecule has 2 N–H and O–H groups in total. The number of hydrogen-bond donors (Lipinski definition) is 2. The number of nitrogens with one attached hydrogen (secondary N) is 2. The molecule has 0 bridgehead atoms. The summed E-state index contributed by atoms with van der Waals surface area (Å²) in [6.07, 6.45) is 0.928. The second kappa shape index (κ2) is 6.00. The number of aromatic nitrogens is 3. The molecule has 0 fully saturated rings. The molecule has 0 aromatic carbocycles. The van der Waals surface area contributed by atoms with E-state index >= 15 is 0 Å². The molecule has 0 atom stereocenters. The summed E-state index contributed by atoms with van der Waals surface area (Å²) in [4.78, 5) is 12.3. The summed E-state index contributed by atoms with van der Waals surface area (Å²) in [6.45, 7) is 5.39. The molecule has 0 saturated carbocycles. The number of ether oxygens (including phenoxy) is 1. The van der Waals surface area contributed by atoms with Crippen LogP contribution in [-0.2, 0) is 0 Å². The number of anilines is 2. The fourth-order valence-electron chi connectivity index (χ4n) is 0.963. The van der Waals surface area contributed by atoms with Crippen molar-refractivity contribution in [3.8, 4) is 6.01 Å². The average molecular weight is 211 g/mol. The minimum absolute atomic E-state index is 0.354. The van der Waals surface area contributed by atoms with Crippen molar-refractivity contribution in [3.63, 3.8) is 0 Å². The van der Waals surface area contributed by atoms with E-state index in [4.69, 9.17) is 4.74 Å². The van der Waals surface area contributed by atoms with Gasteiger partial charge in [-0.1, -0.05) is 6.92 Å². The van der Waals surface area contributed by atoms with Gasteiger partial charge in [-0.15, -0.1) is 0 Å². The molecule has 6 heteroatoms. The Hall–Kier alpha value is -1.59. The van der Waals surface area contributed by atoms with Crippen LogP contribution in [0.5, 0.6) is 6.01 Å². The summed E-state index contributed by atoms with van der Waals surface area (Å²) in [6, 6.07) is 0.354.